The van der Waals surface area contributed by atoms with Crippen molar-refractivity contribution in [2.75, 3.05) is 10.6 Å². The molecule has 3 aromatic carbocycles. The van der Waals surface area contributed by atoms with E-state index >= 15 is 0 Å². The number of amides is 2. The molecule has 0 saturated heterocycles. The van der Waals surface area contributed by atoms with Crippen LogP contribution in [0.5, 0.6) is 0 Å². The molecule has 2 amide bonds. The molecule has 0 atom stereocenters. The van der Waals surface area contributed by atoms with Gasteiger partial charge in [0.15, 0.2) is 0 Å². The number of carbonyl (C=O) groups is 2. The molecular formula is C21H17FN2O2. The average molecular weight is 348 g/mol. The van der Waals surface area contributed by atoms with Gasteiger partial charge in [-0.15, -0.1) is 0 Å². The Balaban J connectivity index is 1.75. The van der Waals surface area contributed by atoms with Crippen molar-refractivity contribution in [3.05, 3.63) is 84.2 Å². The van der Waals surface area contributed by atoms with Crippen molar-refractivity contribution in [3.63, 3.8) is 0 Å². The topological polar surface area (TPSA) is 58.2 Å². The van der Waals surface area contributed by atoms with Crippen molar-refractivity contribution >= 4 is 23.2 Å². The van der Waals surface area contributed by atoms with Crippen LogP contribution in [0, 0.1) is 5.82 Å². The molecule has 0 aliphatic heterocycles. The van der Waals surface area contributed by atoms with Crippen LogP contribution in [0.1, 0.15) is 17.3 Å². The maximum Gasteiger partial charge on any atom is 0.255 e. The molecule has 0 heterocycles. The van der Waals surface area contributed by atoms with Gasteiger partial charge in [0.25, 0.3) is 5.91 Å². The van der Waals surface area contributed by atoms with Gasteiger partial charge in [0, 0.05) is 18.2 Å². The zero-order valence-electron chi connectivity index (χ0n) is 14.1. The van der Waals surface area contributed by atoms with Crippen LogP contribution in [0.15, 0.2) is 72.8 Å². The molecule has 0 bridgehead atoms. The zero-order valence-corrected chi connectivity index (χ0v) is 14.1. The standard InChI is InChI=1S/C21H17FN2O2/c1-14(25)23-20-13-18(11-12-19(20)22)24-21(26)17-9-7-16(8-10-17)15-5-3-2-4-6-15/h2-13H,1H3,(H,23,25)(H,24,26). The summed E-state index contributed by atoms with van der Waals surface area (Å²) in [4.78, 5) is 23.5. The normalized spacial score (nSPS) is 10.2. The highest BCUT2D eigenvalue weighted by molar-refractivity contribution is 6.05. The van der Waals surface area contributed by atoms with Crippen molar-refractivity contribution in [1.82, 2.24) is 0 Å². The first kappa shape index (κ1) is 17.4. The second kappa shape index (κ2) is 7.61. The van der Waals surface area contributed by atoms with E-state index in [1.807, 2.05) is 42.5 Å². The van der Waals surface area contributed by atoms with Crippen LogP contribution < -0.4 is 10.6 Å². The number of nitrogens with one attached hydrogen (secondary N) is 2. The highest BCUT2D eigenvalue weighted by Gasteiger charge is 2.10. The summed E-state index contributed by atoms with van der Waals surface area (Å²) in [5.41, 5.74) is 2.98. The lowest BCUT2D eigenvalue weighted by molar-refractivity contribution is -0.114. The summed E-state index contributed by atoms with van der Waals surface area (Å²) in [6.07, 6.45) is 0. The Morgan fingerprint density at radius 2 is 1.46 bits per heavy atom. The Morgan fingerprint density at radius 3 is 2.12 bits per heavy atom. The van der Waals surface area contributed by atoms with E-state index in [9.17, 15) is 14.0 Å². The molecule has 0 spiro atoms. The third-order valence-corrected chi connectivity index (χ3v) is 3.79. The second-order valence-electron chi connectivity index (χ2n) is 5.77. The van der Waals surface area contributed by atoms with E-state index in [0.29, 0.717) is 11.3 Å². The number of halogens is 1. The number of anilines is 2. The molecule has 0 fully saturated rings. The molecular weight excluding hydrogens is 331 g/mol. The van der Waals surface area contributed by atoms with Crippen molar-refractivity contribution < 1.29 is 14.0 Å². The van der Waals surface area contributed by atoms with Gasteiger partial charge >= 0.3 is 0 Å². The van der Waals surface area contributed by atoms with E-state index in [0.717, 1.165) is 11.1 Å². The van der Waals surface area contributed by atoms with Gasteiger partial charge in [-0.25, -0.2) is 4.39 Å². The first-order chi connectivity index (χ1) is 12.5. The Hall–Kier alpha value is -3.47. The highest BCUT2D eigenvalue weighted by atomic mass is 19.1. The Kier molecular flexibility index (Phi) is 5.08. The number of benzene rings is 3. The zero-order chi connectivity index (χ0) is 18.5. The highest BCUT2D eigenvalue weighted by Crippen LogP contribution is 2.22. The first-order valence-electron chi connectivity index (χ1n) is 8.07. The van der Waals surface area contributed by atoms with Crippen LogP contribution in [0.25, 0.3) is 11.1 Å². The summed E-state index contributed by atoms with van der Waals surface area (Å²) in [5, 5.41) is 5.09. The minimum atomic E-state index is -0.564. The van der Waals surface area contributed by atoms with E-state index in [2.05, 4.69) is 10.6 Å². The SMILES string of the molecule is CC(=O)Nc1cc(NC(=O)c2ccc(-c3ccccc3)cc2)ccc1F. The fraction of sp³-hybridized carbons (Fsp3) is 0.0476. The molecule has 0 aliphatic carbocycles. The van der Waals surface area contributed by atoms with Crippen LogP contribution in [-0.4, -0.2) is 11.8 Å². The molecule has 5 heteroatoms. The van der Waals surface area contributed by atoms with Gasteiger partial charge in [-0.05, 0) is 41.5 Å². The maximum absolute atomic E-state index is 13.7. The van der Waals surface area contributed by atoms with Gasteiger partial charge in [0.1, 0.15) is 5.82 Å². The third kappa shape index (κ3) is 4.13. The maximum atomic E-state index is 13.7. The smallest absolute Gasteiger partial charge is 0.255 e. The summed E-state index contributed by atoms with van der Waals surface area (Å²) in [7, 11) is 0. The van der Waals surface area contributed by atoms with Gasteiger partial charge in [-0.2, -0.15) is 0 Å². The predicted octanol–water partition coefficient (Wildman–Crippen LogP) is 4.70. The number of hydrogen-bond donors (Lipinski definition) is 2. The third-order valence-electron chi connectivity index (χ3n) is 3.79. The van der Waals surface area contributed by atoms with Crippen molar-refractivity contribution in [1.29, 1.82) is 0 Å². The van der Waals surface area contributed by atoms with Crippen molar-refractivity contribution in [3.8, 4) is 11.1 Å². The average Bonchev–Trinajstić information content (AvgIpc) is 2.65. The summed E-state index contributed by atoms with van der Waals surface area (Å²) >= 11 is 0. The second-order valence-corrected chi connectivity index (χ2v) is 5.77. The molecule has 0 radical (unpaired) electrons. The van der Waals surface area contributed by atoms with Crippen LogP contribution in [0.2, 0.25) is 0 Å². The lowest BCUT2D eigenvalue weighted by Crippen LogP contribution is -2.13. The number of rotatable bonds is 4. The summed E-state index contributed by atoms with van der Waals surface area (Å²) < 4.78 is 13.7. The van der Waals surface area contributed by atoms with E-state index < -0.39 is 5.82 Å². The molecule has 0 saturated carbocycles. The Labute approximate surface area is 150 Å². The van der Waals surface area contributed by atoms with Gasteiger partial charge < -0.3 is 10.6 Å². The molecule has 2 N–H and O–H groups in total. The molecule has 26 heavy (non-hydrogen) atoms. The fourth-order valence-electron chi connectivity index (χ4n) is 2.54. The van der Waals surface area contributed by atoms with Gasteiger partial charge in [-0.3, -0.25) is 9.59 Å². The summed E-state index contributed by atoms with van der Waals surface area (Å²) in [6, 6.07) is 21.1. The van der Waals surface area contributed by atoms with Crippen LogP contribution in [-0.2, 0) is 4.79 Å². The lowest BCUT2D eigenvalue weighted by Gasteiger charge is -2.09. The van der Waals surface area contributed by atoms with Crippen molar-refractivity contribution in [2.45, 2.75) is 6.92 Å². The van der Waals surface area contributed by atoms with Crippen molar-refractivity contribution in [2.24, 2.45) is 0 Å². The number of carbonyl (C=O) groups excluding carboxylic acids is 2. The van der Waals surface area contributed by atoms with Gasteiger partial charge in [0.2, 0.25) is 5.91 Å². The summed E-state index contributed by atoms with van der Waals surface area (Å²) in [5.74, 6) is -1.26. The minimum Gasteiger partial charge on any atom is -0.324 e. The van der Waals surface area contributed by atoms with Crippen LogP contribution in [0.4, 0.5) is 15.8 Å². The lowest BCUT2D eigenvalue weighted by atomic mass is 10.0. The first-order valence-corrected chi connectivity index (χ1v) is 8.07. The van der Waals surface area contributed by atoms with Gasteiger partial charge in [0.05, 0.1) is 5.69 Å². The summed E-state index contributed by atoms with van der Waals surface area (Å²) in [6.45, 7) is 1.29. The van der Waals surface area contributed by atoms with E-state index in [1.165, 1.54) is 25.1 Å². The fourth-order valence-corrected chi connectivity index (χ4v) is 2.54. The van der Waals surface area contributed by atoms with E-state index in [4.69, 9.17) is 0 Å². The molecule has 3 rings (SSSR count). The Bertz CT molecular complexity index is 938. The molecule has 130 valence electrons. The molecule has 4 nitrogen and oxygen atoms in total. The van der Waals surface area contributed by atoms with Crippen LogP contribution >= 0.6 is 0 Å². The number of hydrogen-bond acceptors (Lipinski definition) is 2. The van der Waals surface area contributed by atoms with E-state index in [-0.39, 0.29) is 17.5 Å². The predicted molar refractivity (Wildman–Crippen MR) is 101 cm³/mol. The minimum absolute atomic E-state index is 0.0229. The Morgan fingerprint density at radius 1 is 0.808 bits per heavy atom. The molecule has 0 unspecified atom stereocenters. The largest absolute Gasteiger partial charge is 0.324 e. The molecule has 0 aromatic heterocycles. The van der Waals surface area contributed by atoms with Gasteiger partial charge in [-0.1, -0.05) is 42.5 Å². The van der Waals surface area contributed by atoms with Crippen LogP contribution in [0.3, 0.4) is 0 Å². The van der Waals surface area contributed by atoms with E-state index in [1.54, 1.807) is 12.1 Å². The quantitative estimate of drug-likeness (QED) is 0.718. The monoisotopic (exact) mass is 348 g/mol. The molecule has 0 aliphatic rings. The molecule has 3 aromatic rings.